The highest BCUT2D eigenvalue weighted by molar-refractivity contribution is 7.95. The van der Waals surface area contributed by atoms with E-state index >= 15 is 0 Å². The first-order valence-corrected chi connectivity index (χ1v) is 10.5. The van der Waals surface area contributed by atoms with Gasteiger partial charge < -0.3 is 10.2 Å². The molecule has 2 N–H and O–H groups in total. The van der Waals surface area contributed by atoms with Crippen LogP contribution in [0.2, 0.25) is 0 Å². The standard InChI is InChI=1S/C21H23N5O2S/c1-16-22-20(15-21(23-16)26(2)3)24-18-9-11-19(12-10-18)25-29(27,28)14-13-17-7-5-4-6-8-17/h4-15,25H,1-3H3,(H,22,23,24)/b14-13+. The molecule has 0 spiro atoms. The lowest BCUT2D eigenvalue weighted by Crippen LogP contribution is -2.12. The molecule has 7 nitrogen and oxygen atoms in total. The zero-order valence-corrected chi connectivity index (χ0v) is 17.3. The number of hydrogen-bond acceptors (Lipinski definition) is 6. The Balaban J connectivity index is 1.68. The van der Waals surface area contributed by atoms with E-state index < -0.39 is 10.0 Å². The van der Waals surface area contributed by atoms with Gasteiger partial charge in [0.25, 0.3) is 10.0 Å². The minimum atomic E-state index is -3.60. The summed E-state index contributed by atoms with van der Waals surface area (Å²) in [7, 11) is 0.228. The summed E-state index contributed by atoms with van der Waals surface area (Å²) < 4.78 is 27.0. The van der Waals surface area contributed by atoms with Crippen LogP contribution in [0, 0.1) is 6.92 Å². The lowest BCUT2D eigenvalue weighted by Gasteiger charge is -2.14. The highest BCUT2D eigenvalue weighted by atomic mass is 32.2. The number of benzene rings is 2. The topological polar surface area (TPSA) is 87.2 Å². The Labute approximate surface area is 171 Å². The van der Waals surface area contributed by atoms with Crippen LogP contribution in [0.1, 0.15) is 11.4 Å². The molecule has 3 rings (SSSR count). The first-order chi connectivity index (χ1) is 13.8. The maximum atomic E-state index is 12.3. The van der Waals surface area contributed by atoms with E-state index in [9.17, 15) is 8.42 Å². The van der Waals surface area contributed by atoms with E-state index in [0.29, 0.717) is 17.3 Å². The van der Waals surface area contributed by atoms with Crippen molar-refractivity contribution in [1.29, 1.82) is 0 Å². The summed E-state index contributed by atoms with van der Waals surface area (Å²) in [4.78, 5) is 10.6. The molecule has 8 heteroatoms. The Bertz CT molecular complexity index is 1100. The van der Waals surface area contributed by atoms with Crippen LogP contribution >= 0.6 is 0 Å². The Morgan fingerprint density at radius 1 is 0.931 bits per heavy atom. The molecule has 2 aromatic carbocycles. The molecule has 0 unspecified atom stereocenters. The third kappa shape index (κ3) is 6.05. The van der Waals surface area contributed by atoms with Crippen LogP contribution in [0.5, 0.6) is 0 Å². The minimum absolute atomic E-state index is 0.473. The number of rotatable bonds is 7. The largest absolute Gasteiger partial charge is 0.363 e. The second-order valence-electron chi connectivity index (χ2n) is 6.62. The Morgan fingerprint density at radius 3 is 2.24 bits per heavy atom. The third-order valence-corrected chi connectivity index (χ3v) is 4.95. The second kappa shape index (κ2) is 8.74. The van der Waals surface area contributed by atoms with Gasteiger partial charge in [-0.2, -0.15) is 0 Å². The molecule has 3 aromatic rings. The Morgan fingerprint density at radius 2 is 1.59 bits per heavy atom. The van der Waals surface area contributed by atoms with Gasteiger partial charge in [0.15, 0.2) is 0 Å². The van der Waals surface area contributed by atoms with E-state index in [1.807, 2.05) is 62.3 Å². The molecule has 0 bridgehead atoms. The van der Waals surface area contributed by atoms with Gasteiger partial charge in [0.05, 0.1) is 5.41 Å². The molecule has 0 saturated heterocycles. The summed E-state index contributed by atoms with van der Waals surface area (Å²) in [6.07, 6.45) is 1.55. The van der Waals surface area contributed by atoms with Gasteiger partial charge in [-0.1, -0.05) is 30.3 Å². The maximum absolute atomic E-state index is 12.3. The van der Waals surface area contributed by atoms with E-state index in [1.165, 1.54) is 0 Å². The summed E-state index contributed by atoms with van der Waals surface area (Å²) in [5.41, 5.74) is 2.08. The van der Waals surface area contributed by atoms with Crippen molar-refractivity contribution in [3.63, 3.8) is 0 Å². The van der Waals surface area contributed by atoms with Gasteiger partial charge in [0.1, 0.15) is 17.5 Å². The number of anilines is 4. The average molecular weight is 410 g/mol. The van der Waals surface area contributed by atoms with Gasteiger partial charge in [-0.05, 0) is 42.8 Å². The van der Waals surface area contributed by atoms with Gasteiger partial charge in [0.2, 0.25) is 0 Å². The maximum Gasteiger partial charge on any atom is 0.255 e. The van der Waals surface area contributed by atoms with Gasteiger partial charge in [-0.25, -0.2) is 18.4 Å². The van der Waals surface area contributed by atoms with Gasteiger partial charge in [-0.15, -0.1) is 0 Å². The molecule has 0 aliphatic heterocycles. The highest BCUT2D eigenvalue weighted by Gasteiger charge is 2.07. The molecule has 150 valence electrons. The van der Waals surface area contributed by atoms with Crippen LogP contribution in [0.15, 0.2) is 66.1 Å². The number of hydrogen-bond donors (Lipinski definition) is 2. The van der Waals surface area contributed by atoms with Crippen molar-refractivity contribution in [3.05, 3.63) is 77.5 Å². The highest BCUT2D eigenvalue weighted by Crippen LogP contribution is 2.21. The lowest BCUT2D eigenvalue weighted by molar-refractivity contribution is 0.609. The molecular formula is C21H23N5O2S. The lowest BCUT2D eigenvalue weighted by atomic mass is 10.2. The monoisotopic (exact) mass is 409 g/mol. The molecule has 0 atom stereocenters. The fourth-order valence-corrected chi connectivity index (χ4v) is 3.41. The molecule has 29 heavy (non-hydrogen) atoms. The van der Waals surface area contributed by atoms with E-state index in [1.54, 1.807) is 30.3 Å². The van der Waals surface area contributed by atoms with Crippen LogP contribution in [-0.4, -0.2) is 32.5 Å². The number of sulfonamides is 1. The minimum Gasteiger partial charge on any atom is -0.363 e. The van der Waals surface area contributed by atoms with Gasteiger partial charge in [-0.3, -0.25) is 4.72 Å². The summed E-state index contributed by atoms with van der Waals surface area (Å²) in [5.74, 6) is 2.13. The number of aryl methyl sites for hydroxylation is 1. The fraction of sp³-hybridized carbons (Fsp3) is 0.143. The molecule has 0 aliphatic carbocycles. The predicted molar refractivity (Wildman–Crippen MR) is 119 cm³/mol. The predicted octanol–water partition coefficient (Wildman–Crippen LogP) is 4.01. The molecule has 0 aliphatic rings. The molecular weight excluding hydrogens is 386 g/mol. The summed E-state index contributed by atoms with van der Waals surface area (Å²) >= 11 is 0. The summed E-state index contributed by atoms with van der Waals surface area (Å²) in [6, 6.07) is 18.1. The van der Waals surface area contributed by atoms with Crippen LogP contribution in [0.25, 0.3) is 6.08 Å². The van der Waals surface area contributed by atoms with E-state index in [0.717, 1.165) is 22.5 Å². The molecule has 1 aromatic heterocycles. The number of nitrogens with zero attached hydrogens (tertiary/aromatic N) is 3. The SMILES string of the molecule is Cc1nc(Nc2ccc(NS(=O)(=O)/C=C/c3ccccc3)cc2)cc(N(C)C)n1. The zero-order valence-electron chi connectivity index (χ0n) is 16.5. The van der Waals surface area contributed by atoms with Crippen molar-refractivity contribution in [2.24, 2.45) is 0 Å². The number of nitrogens with one attached hydrogen (secondary N) is 2. The molecule has 0 fully saturated rings. The summed E-state index contributed by atoms with van der Waals surface area (Å²) in [6.45, 7) is 1.83. The third-order valence-electron chi connectivity index (χ3n) is 3.94. The smallest absolute Gasteiger partial charge is 0.255 e. The van der Waals surface area contributed by atoms with Crippen molar-refractivity contribution < 1.29 is 8.42 Å². The molecule has 0 amide bonds. The van der Waals surface area contributed by atoms with Crippen molar-refractivity contribution in [2.75, 3.05) is 29.0 Å². The van der Waals surface area contributed by atoms with E-state index in [4.69, 9.17) is 0 Å². The molecule has 0 radical (unpaired) electrons. The van der Waals surface area contributed by atoms with Crippen molar-refractivity contribution in [1.82, 2.24) is 9.97 Å². The second-order valence-corrected chi connectivity index (χ2v) is 8.18. The van der Waals surface area contributed by atoms with Gasteiger partial charge >= 0.3 is 0 Å². The van der Waals surface area contributed by atoms with Crippen LogP contribution < -0.4 is 14.9 Å². The first-order valence-electron chi connectivity index (χ1n) is 8.97. The molecule has 0 saturated carbocycles. The Hall–Kier alpha value is -3.39. The number of aromatic nitrogens is 2. The van der Waals surface area contributed by atoms with E-state index in [2.05, 4.69) is 20.0 Å². The molecule has 1 heterocycles. The van der Waals surface area contributed by atoms with Crippen LogP contribution in [0.3, 0.4) is 0 Å². The summed E-state index contributed by atoms with van der Waals surface area (Å²) in [5, 5.41) is 4.36. The fourth-order valence-electron chi connectivity index (χ4n) is 2.55. The average Bonchev–Trinajstić information content (AvgIpc) is 2.68. The normalized spacial score (nSPS) is 11.4. The Kier molecular flexibility index (Phi) is 6.13. The first kappa shape index (κ1) is 20.3. The van der Waals surface area contributed by atoms with Crippen molar-refractivity contribution in [2.45, 2.75) is 6.92 Å². The quantitative estimate of drug-likeness (QED) is 0.613. The van der Waals surface area contributed by atoms with Crippen molar-refractivity contribution >= 4 is 39.1 Å². The zero-order chi connectivity index (χ0) is 20.9. The van der Waals surface area contributed by atoms with Gasteiger partial charge in [0, 0.05) is 31.5 Å². The van der Waals surface area contributed by atoms with Crippen molar-refractivity contribution in [3.8, 4) is 0 Å². The van der Waals surface area contributed by atoms with Crippen LogP contribution in [0.4, 0.5) is 23.0 Å². The van der Waals surface area contributed by atoms with Crippen LogP contribution in [-0.2, 0) is 10.0 Å². The van der Waals surface area contributed by atoms with E-state index in [-0.39, 0.29) is 0 Å².